The van der Waals surface area contributed by atoms with Gasteiger partial charge < -0.3 is 14.6 Å². The van der Waals surface area contributed by atoms with Crippen LogP contribution in [-0.2, 0) is 23.2 Å². The predicted octanol–water partition coefficient (Wildman–Crippen LogP) is 1.53. The summed E-state index contributed by atoms with van der Waals surface area (Å²) in [4.78, 5) is 15.9. The van der Waals surface area contributed by atoms with Crippen molar-refractivity contribution in [2.75, 3.05) is 13.6 Å². The van der Waals surface area contributed by atoms with Gasteiger partial charge in [-0.05, 0) is 31.7 Å². The van der Waals surface area contributed by atoms with E-state index in [1.54, 1.807) is 0 Å². The first kappa shape index (κ1) is 13.5. The molecule has 5 heteroatoms. The summed E-state index contributed by atoms with van der Waals surface area (Å²) >= 11 is 0. The number of carbonyl (C=O) groups excluding carboxylic acids is 1. The van der Waals surface area contributed by atoms with Crippen molar-refractivity contribution in [2.24, 2.45) is 7.05 Å². The van der Waals surface area contributed by atoms with E-state index in [0.29, 0.717) is 19.6 Å². The van der Waals surface area contributed by atoms with E-state index in [2.05, 4.69) is 10.3 Å². The Morgan fingerprint density at radius 3 is 3.00 bits per heavy atom. The summed E-state index contributed by atoms with van der Waals surface area (Å²) in [5.74, 6) is 0.782. The van der Waals surface area contributed by atoms with Crippen LogP contribution in [0.3, 0.4) is 0 Å². The van der Waals surface area contributed by atoms with Crippen LogP contribution >= 0.6 is 0 Å². The predicted molar refractivity (Wildman–Crippen MR) is 73.8 cm³/mol. The molecule has 0 unspecified atom stereocenters. The molecule has 1 aromatic carbocycles. The van der Waals surface area contributed by atoms with Crippen LogP contribution in [0.15, 0.2) is 18.2 Å². The van der Waals surface area contributed by atoms with Crippen molar-refractivity contribution in [3.63, 3.8) is 0 Å². The van der Waals surface area contributed by atoms with Crippen molar-refractivity contribution in [1.82, 2.24) is 14.9 Å². The highest BCUT2D eigenvalue weighted by Crippen LogP contribution is 2.16. The number of aromatic nitrogens is 2. The summed E-state index contributed by atoms with van der Waals surface area (Å²) in [6.45, 7) is 2.91. The van der Waals surface area contributed by atoms with E-state index in [4.69, 9.17) is 4.74 Å². The van der Waals surface area contributed by atoms with Crippen molar-refractivity contribution in [3.05, 3.63) is 29.6 Å². The molecule has 0 spiro atoms. The highest BCUT2D eigenvalue weighted by molar-refractivity contribution is 5.77. The van der Waals surface area contributed by atoms with Crippen LogP contribution in [0.5, 0.6) is 0 Å². The molecule has 0 amide bonds. The molecular weight excluding hydrogens is 242 g/mol. The molecular formula is C14H19N3O2. The Labute approximate surface area is 112 Å². The number of nitrogens with zero attached hydrogens (tertiary/aromatic N) is 2. The van der Waals surface area contributed by atoms with Crippen LogP contribution in [0.25, 0.3) is 11.0 Å². The first-order valence-electron chi connectivity index (χ1n) is 6.34. The van der Waals surface area contributed by atoms with Crippen molar-refractivity contribution >= 4 is 17.0 Å². The molecule has 0 aliphatic heterocycles. The highest BCUT2D eigenvalue weighted by atomic mass is 16.5. The van der Waals surface area contributed by atoms with Crippen molar-refractivity contribution in [2.45, 2.75) is 20.0 Å². The largest absolute Gasteiger partial charge is 0.461 e. The van der Waals surface area contributed by atoms with Gasteiger partial charge in [0.1, 0.15) is 12.4 Å². The van der Waals surface area contributed by atoms with E-state index < -0.39 is 0 Å². The number of hydrogen-bond acceptors (Lipinski definition) is 4. The van der Waals surface area contributed by atoms with E-state index >= 15 is 0 Å². The molecule has 0 atom stereocenters. The fourth-order valence-corrected chi connectivity index (χ4v) is 1.92. The molecule has 1 N–H and O–H groups in total. The Kier molecular flexibility index (Phi) is 4.16. The van der Waals surface area contributed by atoms with E-state index in [9.17, 15) is 4.79 Å². The van der Waals surface area contributed by atoms with Crippen LogP contribution < -0.4 is 5.32 Å². The van der Waals surface area contributed by atoms with Gasteiger partial charge in [0.15, 0.2) is 0 Å². The Morgan fingerprint density at radius 2 is 2.26 bits per heavy atom. The minimum Gasteiger partial charge on any atom is -0.461 e. The maximum absolute atomic E-state index is 11.4. The zero-order valence-corrected chi connectivity index (χ0v) is 11.6. The third-order valence-electron chi connectivity index (χ3n) is 3.15. The van der Waals surface area contributed by atoms with Gasteiger partial charge in [-0.1, -0.05) is 6.07 Å². The molecule has 1 heterocycles. The fraction of sp³-hybridized carbons (Fsp3) is 0.429. The van der Waals surface area contributed by atoms with Crippen molar-refractivity contribution < 1.29 is 9.53 Å². The summed E-state index contributed by atoms with van der Waals surface area (Å²) in [6, 6.07) is 5.94. The number of nitrogens with one attached hydrogen (secondary N) is 1. The van der Waals surface area contributed by atoms with Gasteiger partial charge in [-0.15, -0.1) is 0 Å². The summed E-state index contributed by atoms with van der Waals surface area (Å²) in [5.41, 5.74) is 2.98. The van der Waals surface area contributed by atoms with Crippen LogP contribution in [0.1, 0.15) is 17.8 Å². The average molecular weight is 261 g/mol. The molecule has 0 aliphatic rings. The quantitative estimate of drug-likeness (QED) is 0.829. The van der Waals surface area contributed by atoms with Crippen molar-refractivity contribution in [1.29, 1.82) is 0 Å². The lowest BCUT2D eigenvalue weighted by atomic mass is 10.2. The van der Waals surface area contributed by atoms with E-state index in [1.165, 1.54) is 0 Å². The van der Waals surface area contributed by atoms with E-state index in [0.717, 1.165) is 22.4 Å². The second-order valence-electron chi connectivity index (χ2n) is 4.56. The number of benzene rings is 1. The number of fused-ring (bicyclic) bond motifs is 1. The Morgan fingerprint density at radius 1 is 1.47 bits per heavy atom. The van der Waals surface area contributed by atoms with E-state index in [1.807, 2.05) is 43.8 Å². The van der Waals surface area contributed by atoms with Gasteiger partial charge in [0.25, 0.3) is 0 Å². The third-order valence-corrected chi connectivity index (χ3v) is 3.15. The normalized spacial score (nSPS) is 10.9. The maximum Gasteiger partial charge on any atom is 0.307 e. The fourth-order valence-electron chi connectivity index (χ4n) is 1.92. The molecule has 102 valence electrons. The molecule has 0 saturated heterocycles. The molecule has 2 aromatic rings. The van der Waals surface area contributed by atoms with Gasteiger partial charge in [-0.2, -0.15) is 0 Å². The number of imidazole rings is 1. The second kappa shape index (κ2) is 5.84. The Hall–Kier alpha value is -1.88. The summed E-state index contributed by atoms with van der Waals surface area (Å²) in [7, 11) is 3.80. The van der Waals surface area contributed by atoms with Crippen LogP contribution in [0.4, 0.5) is 0 Å². The third kappa shape index (κ3) is 3.12. The SMILES string of the molecule is CNCCC(=O)OCc1ccc2c(c1)nc(C)n2C. The average Bonchev–Trinajstić information content (AvgIpc) is 2.69. The molecule has 19 heavy (non-hydrogen) atoms. The summed E-state index contributed by atoms with van der Waals surface area (Å²) in [6.07, 6.45) is 0.390. The highest BCUT2D eigenvalue weighted by Gasteiger charge is 2.06. The lowest BCUT2D eigenvalue weighted by molar-refractivity contribution is -0.144. The van der Waals surface area contributed by atoms with Gasteiger partial charge in [0.05, 0.1) is 17.5 Å². The molecule has 5 nitrogen and oxygen atoms in total. The molecule has 0 radical (unpaired) electrons. The molecule has 1 aromatic heterocycles. The number of aryl methyl sites for hydroxylation is 2. The number of ether oxygens (including phenoxy) is 1. The van der Waals surface area contributed by atoms with Gasteiger partial charge in [-0.3, -0.25) is 4.79 Å². The number of esters is 1. The first-order chi connectivity index (χ1) is 9.11. The van der Waals surface area contributed by atoms with Crippen LogP contribution in [-0.4, -0.2) is 29.1 Å². The Balaban J connectivity index is 2.03. The summed E-state index contributed by atoms with van der Waals surface area (Å²) < 4.78 is 7.24. The van der Waals surface area contributed by atoms with Crippen LogP contribution in [0.2, 0.25) is 0 Å². The lowest BCUT2D eigenvalue weighted by Crippen LogP contribution is -2.14. The second-order valence-corrected chi connectivity index (χ2v) is 4.56. The van der Waals surface area contributed by atoms with Gasteiger partial charge in [0, 0.05) is 13.6 Å². The standard InChI is InChI=1S/C14H19N3O2/c1-10-16-12-8-11(4-5-13(12)17(10)3)9-19-14(18)6-7-15-2/h4-5,8,15H,6-7,9H2,1-3H3. The zero-order chi connectivity index (χ0) is 13.8. The smallest absolute Gasteiger partial charge is 0.307 e. The van der Waals surface area contributed by atoms with Gasteiger partial charge in [0.2, 0.25) is 0 Å². The zero-order valence-electron chi connectivity index (χ0n) is 11.6. The molecule has 0 fully saturated rings. The monoisotopic (exact) mass is 261 g/mol. The van der Waals surface area contributed by atoms with Crippen LogP contribution in [0, 0.1) is 6.92 Å². The maximum atomic E-state index is 11.4. The molecule has 0 aliphatic carbocycles. The van der Waals surface area contributed by atoms with Crippen molar-refractivity contribution in [3.8, 4) is 0 Å². The van der Waals surface area contributed by atoms with Gasteiger partial charge in [-0.25, -0.2) is 4.98 Å². The Bertz CT molecular complexity index is 590. The van der Waals surface area contributed by atoms with E-state index in [-0.39, 0.29) is 5.97 Å². The number of carbonyl (C=O) groups is 1. The van der Waals surface area contributed by atoms with Gasteiger partial charge >= 0.3 is 5.97 Å². The molecule has 0 bridgehead atoms. The first-order valence-corrected chi connectivity index (χ1v) is 6.34. The summed E-state index contributed by atoms with van der Waals surface area (Å²) in [5, 5.41) is 2.92. The minimum absolute atomic E-state index is 0.188. The lowest BCUT2D eigenvalue weighted by Gasteiger charge is -2.05. The number of rotatable bonds is 5. The molecule has 0 saturated carbocycles. The molecule has 2 rings (SSSR count). The minimum atomic E-state index is -0.188. The topological polar surface area (TPSA) is 56.1 Å². The number of hydrogen-bond donors (Lipinski definition) is 1.